The fourth-order valence-electron chi connectivity index (χ4n) is 1.93. The Morgan fingerprint density at radius 3 is 2.67 bits per heavy atom. The van der Waals surface area contributed by atoms with Crippen molar-refractivity contribution in [3.8, 4) is 5.75 Å². The van der Waals surface area contributed by atoms with Gasteiger partial charge in [-0.3, -0.25) is 0 Å². The number of methoxy groups -OCH3 is 1. The molecule has 1 heterocycles. The molecule has 5 heteroatoms. The lowest BCUT2D eigenvalue weighted by Crippen LogP contribution is -2.15. The van der Waals surface area contributed by atoms with Crippen molar-refractivity contribution in [2.24, 2.45) is 0 Å². The minimum atomic E-state index is -0.935. The number of thiophene rings is 1. The van der Waals surface area contributed by atoms with Gasteiger partial charge < -0.3 is 14.7 Å². The highest BCUT2D eigenvalue weighted by Gasteiger charge is 2.07. The molecule has 21 heavy (non-hydrogen) atoms. The predicted molar refractivity (Wildman–Crippen MR) is 86.1 cm³/mol. The maximum absolute atomic E-state index is 10.6. The smallest absolute Gasteiger partial charge is 0.328 e. The van der Waals surface area contributed by atoms with E-state index in [2.05, 4.69) is 4.90 Å². The van der Waals surface area contributed by atoms with Crippen LogP contribution in [-0.4, -0.2) is 25.2 Å². The molecule has 0 amide bonds. The summed E-state index contributed by atoms with van der Waals surface area (Å²) >= 11 is 1.62. The van der Waals surface area contributed by atoms with Gasteiger partial charge in [-0.05, 0) is 47.4 Å². The van der Waals surface area contributed by atoms with Crippen LogP contribution in [0.5, 0.6) is 5.75 Å². The van der Waals surface area contributed by atoms with Gasteiger partial charge in [0.1, 0.15) is 5.75 Å². The third-order valence-electron chi connectivity index (χ3n) is 3.08. The van der Waals surface area contributed by atoms with Crippen LogP contribution in [0.2, 0.25) is 0 Å². The van der Waals surface area contributed by atoms with Crippen molar-refractivity contribution >= 4 is 29.1 Å². The molecule has 1 aromatic carbocycles. The third kappa shape index (κ3) is 4.10. The Bertz CT molecular complexity index is 631. The van der Waals surface area contributed by atoms with Gasteiger partial charge >= 0.3 is 5.97 Å². The van der Waals surface area contributed by atoms with Crippen LogP contribution >= 0.6 is 11.3 Å². The molecule has 0 fully saturated rings. The number of nitrogens with zero attached hydrogens (tertiary/aromatic N) is 1. The topological polar surface area (TPSA) is 49.8 Å². The summed E-state index contributed by atoms with van der Waals surface area (Å²) in [7, 11) is 3.65. The molecule has 0 saturated carbocycles. The first-order valence-electron chi connectivity index (χ1n) is 6.42. The van der Waals surface area contributed by atoms with Crippen LogP contribution in [-0.2, 0) is 11.3 Å². The summed E-state index contributed by atoms with van der Waals surface area (Å²) in [6.07, 6.45) is 2.80. The summed E-state index contributed by atoms with van der Waals surface area (Å²) in [5.74, 6) is -0.107. The summed E-state index contributed by atoms with van der Waals surface area (Å²) in [5.41, 5.74) is 2.03. The van der Waals surface area contributed by atoms with E-state index in [-0.39, 0.29) is 0 Å². The number of rotatable bonds is 6. The Balaban J connectivity index is 2.10. The molecule has 4 nitrogen and oxygen atoms in total. The second-order valence-electron chi connectivity index (χ2n) is 4.52. The van der Waals surface area contributed by atoms with Crippen LogP contribution in [0.1, 0.15) is 10.4 Å². The number of hydrogen-bond acceptors (Lipinski definition) is 4. The first-order chi connectivity index (χ1) is 10.1. The molecular weight excluding hydrogens is 286 g/mol. The van der Waals surface area contributed by atoms with E-state index in [1.807, 2.05) is 42.8 Å². The average molecular weight is 303 g/mol. The number of carboxylic acid groups (broad SMARTS) is 1. The lowest BCUT2D eigenvalue weighted by atomic mass is 10.2. The van der Waals surface area contributed by atoms with Gasteiger partial charge in [-0.1, -0.05) is 0 Å². The number of ether oxygens (including phenoxy) is 1. The Morgan fingerprint density at radius 2 is 2.05 bits per heavy atom. The molecule has 2 rings (SSSR count). The zero-order valence-corrected chi connectivity index (χ0v) is 12.8. The fraction of sp³-hybridized carbons (Fsp3) is 0.188. The maximum Gasteiger partial charge on any atom is 0.328 e. The van der Waals surface area contributed by atoms with Crippen molar-refractivity contribution in [3.05, 3.63) is 52.2 Å². The molecule has 0 saturated heterocycles. The largest absolute Gasteiger partial charge is 0.497 e. The van der Waals surface area contributed by atoms with Crippen molar-refractivity contribution in [2.75, 3.05) is 19.1 Å². The summed E-state index contributed by atoms with van der Waals surface area (Å²) < 4.78 is 5.15. The molecule has 0 aliphatic carbocycles. The summed E-state index contributed by atoms with van der Waals surface area (Å²) in [6.45, 7) is 0.725. The first kappa shape index (κ1) is 15.1. The zero-order chi connectivity index (χ0) is 15.2. The van der Waals surface area contributed by atoms with Gasteiger partial charge in [0, 0.05) is 23.7 Å². The molecule has 2 aromatic rings. The van der Waals surface area contributed by atoms with E-state index < -0.39 is 5.97 Å². The number of carboxylic acids is 1. The van der Waals surface area contributed by atoms with Crippen molar-refractivity contribution in [3.63, 3.8) is 0 Å². The van der Waals surface area contributed by atoms with Crippen molar-refractivity contribution in [1.29, 1.82) is 0 Å². The van der Waals surface area contributed by atoms with Gasteiger partial charge in [-0.15, -0.1) is 11.3 Å². The molecule has 0 unspecified atom stereocenters. The lowest BCUT2D eigenvalue weighted by Gasteiger charge is -2.19. The number of benzene rings is 1. The first-order valence-corrected chi connectivity index (χ1v) is 7.30. The third-order valence-corrected chi connectivity index (χ3v) is 4.00. The van der Waals surface area contributed by atoms with Crippen LogP contribution in [0.4, 0.5) is 5.69 Å². The predicted octanol–water partition coefficient (Wildman–Crippen LogP) is 3.49. The number of hydrogen-bond donors (Lipinski definition) is 1. The van der Waals surface area contributed by atoms with Crippen molar-refractivity contribution < 1.29 is 14.6 Å². The lowest BCUT2D eigenvalue weighted by molar-refractivity contribution is -0.131. The Labute approximate surface area is 127 Å². The van der Waals surface area contributed by atoms with Crippen molar-refractivity contribution in [1.82, 2.24) is 0 Å². The number of carbonyl (C=O) groups is 1. The van der Waals surface area contributed by atoms with Crippen LogP contribution in [0, 0.1) is 0 Å². The summed E-state index contributed by atoms with van der Waals surface area (Å²) in [4.78, 5) is 13.8. The maximum atomic E-state index is 10.6. The van der Waals surface area contributed by atoms with Crippen LogP contribution < -0.4 is 9.64 Å². The van der Waals surface area contributed by atoms with E-state index in [0.29, 0.717) is 0 Å². The zero-order valence-electron chi connectivity index (χ0n) is 11.9. The molecular formula is C16H17NO3S. The quantitative estimate of drug-likeness (QED) is 0.830. The number of aliphatic carboxylic acids is 1. The Hall–Kier alpha value is -2.27. The standard InChI is InChI=1S/C16H17NO3S/c1-17(13-4-6-14(20-2)7-5-13)11-15-12(9-10-21-15)3-8-16(18)19/h3-10H,11H2,1-2H3,(H,18,19). The van der Waals surface area contributed by atoms with Gasteiger partial charge in [0.05, 0.1) is 13.7 Å². The Kier molecular flexibility index (Phi) is 5.00. The molecule has 0 aliphatic heterocycles. The van der Waals surface area contributed by atoms with E-state index in [9.17, 15) is 4.79 Å². The average Bonchev–Trinajstić information content (AvgIpc) is 2.92. The SMILES string of the molecule is COc1ccc(N(C)Cc2sccc2C=CC(=O)O)cc1. The molecule has 1 aromatic heterocycles. The molecule has 0 bridgehead atoms. The minimum absolute atomic E-state index is 0.725. The highest BCUT2D eigenvalue weighted by atomic mass is 32.1. The van der Waals surface area contributed by atoms with Gasteiger partial charge in [-0.25, -0.2) is 4.79 Å². The van der Waals surface area contributed by atoms with Crippen LogP contribution in [0.3, 0.4) is 0 Å². The normalized spacial score (nSPS) is 10.8. The van der Waals surface area contributed by atoms with E-state index in [1.165, 1.54) is 6.08 Å². The summed E-state index contributed by atoms with van der Waals surface area (Å²) in [5, 5.41) is 10.7. The highest BCUT2D eigenvalue weighted by molar-refractivity contribution is 7.10. The van der Waals surface area contributed by atoms with E-state index in [1.54, 1.807) is 24.5 Å². The van der Waals surface area contributed by atoms with Crippen molar-refractivity contribution in [2.45, 2.75) is 6.54 Å². The molecule has 0 aliphatic rings. The molecule has 0 radical (unpaired) electrons. The van der Waals surface area contributed by atoms with Crippen LogP contribution in [0.25, 0.3) is 6.08 Å². The van der Waals surface area contributed by atoms with E-state index in [0.717, 1.165) is 28.4 Å². The monoisotopic (exact) mass is 303 g/mol. The van der Waals surface area contributed by atoms with E-state index >= 15 is 0 Å². The molecule has 1 N–H and O–H groups in total. The van der Waals surface area contributed by atoms with Gasteiger partial charge in [0.15, 0.2) is 0 Å². The summed E-state index contributed by atoms with van der Waals surface area (Å²) in [6, 6.07) is 9.77. The Morgan fingerprint density at radius 1 is 1.33 bits per heavy atom. The fourth-order valence-corrected chi connectivity index (χ4v) is 2.85. The van der Waals surface area contributed by atoms with Gasteiger partial charge in [-0.2, -0.15) is 0 Å². The molecule has 110 valence electrons. The van der Waals surface area contributed by atoms with E-state index in [4.69, 9.17) is 9.84 Å². The highest BCUT2D eigenvalue weighted by Crippen LogP contribution is 2.24. The number of anilines is 1. The molecule has 0 atom stereocenters. The molecule has 0 spiro atoms. The van der Waals surface area contributed by atoms with Crippen LogP contribution in [0.15, 0.2) is 41.8 Å². The second-order valence-corrected chi connectivity index (χ2v) is 5.53. The van der Waals surface area contributed by atoms with Gasteiger partial charge in [0.25, 0.3) is 0 Å². The second kappa shape index (κ2) is 6.95. The minimum Gasteiger partial charge on any atom is -0.497 e. The van der Waals surface area contributed by atoms with Gasteiger partial charge in [0.2, 0.25) is 0 Å².